The summed E-state index contributed by atoms with van der Waals surface area (Å²) < 4.78 is 0. The summed E-state index contributed by atoms with van der Waals surface area (Å²) in [6, 6.07) is 40.5. The minimum atomic E-state index is 0.0446. The molecule has 6 aromatic rings. The van der Waals surface area contributed by atoms with Gasteiger partial charge in [-0.05, 0) is 77.8 Å². The molecule has 1 aliphatic rings. The van der Waals surface area contributed by atoms with E-state index in [1.807, 2.05) is 0 Å². The van der Waals surface area contributed by atoms with E-state index in [1.54, 1.807) is 0 Å². The van der Waals surface area contributed by atoms with Crippen LogP contribution in [0.15, 0.2) is 109 Å². The number of fused-ring (bicyclic) bond motifs is 9. The second-order valence-corrected chi connectivity index (χ2v) is 9.78. The molecule has 0 radical (unpaired) electrons. The fourth-order valence-corrected chi connectivity index (χ4v) is 5.99. The van der Waals surface area contributed by atoms with Crippen molar-refractivity contribution < 1.29 is 0 Å². The predicted molar refractivity (Wildman–Crippen MR) is 142 cm³/mol. The molecule has 0 heterocycles. The Hall–Kier alpha value is -3.90. The summed E-state index contributed by atoms with van der Waals surface area (Å²) in [7, 11) is 0. The minimum Gasteiger partial charge on any atom is -0.0619 e. The summed E-state index contributed by atoms with van der Waals surface area (Å²) in [5, 5.41) is 7.93. The Morgan fingerprint density at radius 2 is 0.879 bits per heavy atom. The molecule has 0 aromatic heterocycles. The molecule has 156 valence electrons. The zero-order valence-electron chi connectivity index (χ0n) is 18.9. The highest BCUT2D eigenvalue weighted by Crippen LogP contribution is 2.49. The number of hydrogen-bond acceptors (Lipinski definition) is 0. The Kier molecular flexibility index (Phi) is 3.71. The molecule has 0 saturated carbocycles. The normalized spacial score (nSPS) is 14.0. The van der Waals surface area contributed by atoms with Crippen molar-refractivity contribution in [1.82, 2.24) is 0 Å². The van der Waals surface area contributed by atoms with Crippen LogP contribution in [0.3, 0.4) is 0 Å². The highest BCUT2D eigenvalue weighted by atomic mass is 14.4. The molecule has 33 heavy (non-hydrogen) atoms. The highest BCUT2D eigenvalue weighted by molar-refractivity contribution is 6.25. The summed E-state index contributed by atoms with van der Waals surface area (Å²) in [6.07, 6.45) is 0. The van der Waals surface area contributed by atoms with Gasteiger partial charge in [0.05, 0.1) is 0 Å². The van der Waals surface area contributed by atoms with Crippen LogP contribution < -0.4 is 0 Å². The Morgan fingerprint density at radius 3 is 1.58 bits per heavy atom. The number of rotatable bonds is 1. The molecule has 7 rings (SSSR count). The number of hydrogen-bond donors (Lipinski definition) is 0. The maximum atomic E-state index is 2.40. The van der Waals surface area contributed by atoms with Gasteiger partial charge in [-0.2, -0.15) is 0 Å². The molecule has 0 N–H and O–H groups in total. The third kappa shape index (κ3) is 2.52. The maximum absolute atomic E-state index is 2.40. The van der Waals surface area contributed by atoms with Crippen molar-refractivity contribution in [1.29, 1.82) is 0 Å². The Balaban J connectivity index is 1.50. The van der Waals surface area contributed by atoms with Crippen LogP contribution in [-0.4, -0.2) is 0 Å². The fraction of sp³-hybridized carbons (Fsp3) is 0.0909. The third-order valence-corrected chi connectivity index (χ3v) is 7.66. The summed E-state index contributed by atoms with van der Waals surface area (Å²) in [4.78, 5) is 0. The molecule has 6 aromatic carbocycles. The van der Waals surface area contributed by atoms with Crippen molar-refractivity contribution in [3.8, 4) is 22.3 Å². The maximum Gasteiger partial charge on any atom is 0.0158 e. The average molecular weight is 421 g/mol. The number of benzene rings is 6. The van der Waals surface area contributed by atoms with Gasteiger partial charge in [0.25, 0.3) is 0 Å². The Morgan fingerprint density at radius 1 is 0.394 bits per heavy atom. The first-order valence-electron chi connectivity index (χ1n) is 11.7. The van der Waals surface area contributed by atoms with E-state index in [1.165, 1.54) is 65.7 Å². The second-order valence-electron chi connectivity index (χ2n) is 9.78. The van der Waals surface area contributed by atoms with Crippen LogP contribution in [0.25, 0.3) is 54.6 Å². The fourth-order valence-electron chi connectivity index (χ4n) is 5.99. The molecule has 0 atom stereocenters. The molecule has 1 aliphatic carbocycles. The average Bonchev–Trinajstić information content (AvgIpc) is 3.10. The lowest BCUT2D eigenvalue weighted by atomic mass is 9.82. The van der Waals surface area contributed by atoms with E-state index >= 15 is 0 Å². The Labute approximate surface area is 194 Å². The lowest BCUT2D eigenvalue weighted by molar-refractivity contribution is 0.660. The molecule has 0 fully saturated rings. The zero-order chi connectivity index (χ0) is 22.2. The van der Waals surface area contributed by atoms with Gasteiger partial charge in [-0.15, -0.1) is 0 Å². The summed E-state index contributed by atoms with van der Waals surface area (Å²) in [5.74, 6) is 0. The van der Waals surface area contributed by atoms with Crippen LogP contribution in [0.4, 0.5) is 0 Å². The van der Waals surface area contributed by atoms with Crippen LogP contribution in [0, 0.1) is 0 Å². The molecule has 0 amide bonds. The van der Waals surface area contributed by atoms with Gasteiger partial charge < -0.3 is 0 Å². The van der Waals surface area contributed by atoms with Crippen molar-refractivity contribution in [3.63, 3.8) is 0 Å². The van der Waals surface area contributed by atoms with Gasteiger partial charge in [0.15, 0.2) is 0 Å². The zero-order valence-corrected chi connectivity index (χ0v) is 18.9. The van der Waals surface area contributed by atoms with E-state index in [0.29, 0.717) is 0 Å². The first-order valence-corrected chi connectivity index (χ1v) is 11.7. The summed E-state index contributed by atoms with van der Waals surface area (Å²) in [6.45, 7) is 4.68. The van der Waals surface area contributed by atoms with E-state index in [0.717, 1.165) is 0 Å². The monoisotopic (exact) mass is 420 g/mol. The molecule has 0 saturated heterocycles. The van der Waals surface area contributed by atoms with E-state index in [-0.39, 0.29) is 5.41 Å². The van der Waals surface area contributed by atoms with Gasteiger partial charge in [0.1, 0.15) is 0 Å². The highest BCUT2D eigenvalue weighted by Gasteiger charge is 2.35. The third-order valence-electron chi connectivity index (χ3n) is 7.66. The van der Waals surface area contributed by atoms with Crippen LogP contribution >= 0.6 is 0 Å². The first kappa shape index (κ1) is 18.7. The largest absolute Gasteiger partial charge is 0.0619 e. The first-order chi connectivity index (χ1) is 16.1. The van der Waals surface area contributed by atoms with Crippen LogP contribution in [-0.2, 0) is 5.41 Å². The Bertz CT molecular complexity index is 1700. The van der Waals surface area contributed by atoms with E-state index < -0.39 is 0 Å². The van der Waals surface area contributed by atoms with Gasteiger partial charge in [0, 0.05) is 5.41 Å². The van der Waals surface area contributed by atoms with E-state index in [2.05, 4.69) is 123 Å². The van der Waals surface area contributed by atoms with Crippen molar-refractivity contribution in [3.05, 3.63) is 120 Å². The van der Waals surface area contributed by atoms with Gasteiger partial charge in [-0.25, -0.2) is 0 Å². The quantitative estimate of drug-likeness (QED) is 0.233. The topological polar surface area (TPSA) is 0 Å². The van der Waals surface area contributed by atoms with Crippen molar-refractivity contribution >= 4 is 32.3 Å². The molecule has 0 heteroatoms. The van der Waals surface area contributed by atoms with Crippen LogP contribution in [0.1, 0.15) is 25.0 Å². The summed E-state index contributed by atoms with van der Waals surface area (Å²) >= 11 is 0. The summed E-state index contributed by atoms with van der Waals surface area (Å²) in [5.41, 5.74) is 8.18. The second kappa shape index (κ2) is 6.56. The van der Waals surface area contributed by atoms with E-state index in [4.69, 9.17) is 0 Å². The van der Waals surface area contributed by atoms with Crippen molar-refractivity contribution in [2.75, 3.05) is 0 Å². The lowest BCUT2D eigenvalue weighted by Crippen LogP contribution is -2.14. The molecular weight excluding hydrogens is 396 g/mol. The van der Waals surface area contributed by atoms with Gasteiger partial charge in [-0.3, -0.25) is 0 Å². The predicted octanol–water partition coefficient (Wildman–Crippen LogP) is 9.12. The molecule has 0 aliphatic heterocycles. The van der Waals surface area contributed by atoms with Gasteiger partial charge >= 0.3 is 0 Å². The SMILES string of the molecule is CC1(C)c2ccccc2-c2cc(-c3ccc4c5ccccc5c5ccccc5c4c3)ccc21. The molecular formula is C33H24. The minimum absolute atomic E-state index is 0.0446. The smallest absolute Gasteiger partial charge is 0.0158 e. The molecule has 0 spiro atoms. The molecule has 0 nitrogen and oxygen atoms in total. The molecule has 0 bridgehead atoms. The van der Waals surface area contributed by atoms with E-state index in [9.17, 15) is 0 Å². The molecule has 0 unspecified atom stereocenters. The van der Waals surface area contributed by atoms with Gasteiger partial charge in [0.2, 0.25) is 0 Å². The van der Waals surface area contributed by atoms with Crippen LogP contribution in [0.5, 0.6) is 0 Å². The van der Waals surface area contributed by atoms with Crippen molar-refractivity contribution in [2.24, 2.45) is 0 Å². The van der Waals surface area contributed by atoms with Crippen molar-refractivity contribution in [2.45, 2.75) is 19.3 Å². The van der Waals surface area contributed by atoms with Crippen LogP contribution in [0.2, 0.25) is 0 Å². The standard InChI is InChI=1S/C33H24/c1-33(2)31-14-8-7-13-28(31)30-20-22(16-18-32(30)33)21-15-17-27-25-11-4-3-9-23(25)24-10-5-6-12-26(24)29(27)19-21/h3-20H,1-2H3. The lowest BCUT2D eigenvalue weighted by Gasteiger charge is -2.21. The van der Waals surface area contributed by atoms with Gasteiger partial charge in [-0.1, -0.05) is 111 Å².